The van der Waals surface area contributed by atoms with Crippen molar-refractivity contribution in [3.63, 3.8) is 0 Å². The van der Waals surface area contributed by atoms with Crippen LogP contribution in [-0.2, 0) is 6.42 Å². The van der Waals surface area contributed by atoms with Crippen molar-refractivity contribution < 1.29 is 0 Å². The Balaban J connectivity index is 2.32. The number of halogens is 1. The minimum absolute atomic E-state index is 0.193. The van der Waals surface area contributed by atoms with Gasteiger partial charge in [0.05, 0.1) is 5.69 Å². The number of aromatic nitrogens is 3. The molecule has 0 aliphatic rings. The third-order valence-corrected chi connectivity index (χ3v) is 2.90. The van der Waals surface area contributed by atoms with Gasteiger partial charge in [-0.1, -0.05) is 20.8 Å². The van der Waals surface area contributed by atoms with Crippen LogP contribution in [0.1, 0.15) is 26.5 Å². The Kier molecular flexibility index (Phi) is 3.43. The van der Waals surface area contributed by atoms with Crippen molar-refractivity contribution >= 4 is 21.7 Å². The summed E-state index contributed by atoms with van der Waals surface area (Å²) >= 11 is 3.36. The predicted octanol–water partition coefficient (Wildman–Crippen LogP) is 3.20. The maximum atomic E-state index is 5.98. The average Bonchev–Trinajstić information content (AvgIpc) is 2.58. The van der Waals surface area contributed by atoms with E-state index >= 15 is 0 Å². The van der Waals surface area contributed by atoms with Gasteiger partial charge in [0, 0.05) is 16.7 Å². The van der Waals surface area contributed by atoms with Gasteiger partial charge in [-0.3, -0.25) is 0 Å². The number of hydrogen-bond acceptors (Lipinski definition) is 3. The number of nitrogen functional groups attached to an aromatic ring is 1. The molecule has 2 N–H and O–H groups in total. The summed E-state index contributed by atoms with van der Waals surface area (Å²) in [6.07, 6.45) is 2.63. The first-order valence-electron chi connectivity index (χ1n) is 5.81. The maximum absolute atomic E-state index is 5.98. The molecule has 0 spiro atoms. The fourth-order valence-electron chi connectivity index (χ4n) is 1.75. The van der Waals surface area contributed by atoms with Crippen LogP contribution in [0.3, 0.4) is 0 Å². The van der Waals surface area contributed by atoms with Crippen molar-refractivity contribution in [2.24, 2.45) is 5.41 Å². The highest BCUT2D eigenvalue weighted by atomic mass is 79.9. The van der Waals surface area contributed by atoms with Gasteiger partial charge in [-0.25, -0.2) is 4.98 Å². The molecule has 0 amide bonds. The van der Waals surface area contributed by atoms with Crippen LogP contribution in [-0.4, -0.2) is 14.8 Å². The van der Waals surface area contributed by atoms with Gasteiger partial charge >= 0.3 is 0 Å². The molecule has 0 radical (unpaired) electrons. The first-order chi connectivity index (χ1) is 8.35. The quantitative estimate of drug-likeness (QED) is 0.927. The van der Waals surface area contributed by atoms with Crippen LogP contribution in [0.5, 0.6) is 0 Å². The zero-order valence-corrected chi connectivity index (χ0v) is 12.4. The summed E-state index contributed by atoms with van der Waals surface area (Å²) in [7, 11) is 0. The largest absolute Gasteiger partial charge is 0.384 e. The molecule has 0 bridgehead atoms. The summed E-state index contributed by atoms with van der Waals surface area (Å²) in [6, 6.07) is 5.72. The highest BCUT2D eigenvalue weighted by Gasteiger charge is 2.15. The molecule has 5 heteroatoms. The first-order valence-corrected chi connectivity index (χ1v) is 6.61. The second kappa shape index (κ2) is 4.72. The topological polar surface area (TPSA) is 56.7 Å². The normalized spacial score (nSPS) is 11.8. The lowest BCUT2D eigenvalue weighted by molar-refractivity contribution is 0.405. The van der Waals surface area contributed by atoms with Crippen molar-refractivity contribution in [2.75, 3.05) is 5.73 Å². The average molecular weight is 309 g/mol. The standard InChI is InChI=1S/C13H17BrN4/c1-13(2,3)7-10-6-11(15)18(17-10)12-5-4-9(14)8-16-12/h4-6,8H,7,15H2,1-3H3. The van der Waals surface area contributed by atoms with Crippen LogP contribution in [0.15, 0.2) is 28.9 Å². The fraction of sp³-hybridized carbons (Fsp3) is 0.385. The van der Waals surface area contributed by atoms with E-state index in [9.17, 15) is 0 Å². The van der Waals surface area contributed by atoms with Gasteiger partial charge in [0.1, 0.15) is 5.82 Å². The van der Waals surface area contributed by atoms with E-state index in [0.717, 1.165) is 22.4 Å². The zero-order chi connectivity index (χ0) is 13.3. The monoisotopic (exact) mass is 308 g/mol. The Morgan fingerprint density at radius 2 is 2.06 bits per heavy atom. The predicted molar refractivity (Wildman–Crippen MR) is 76.6 cm³/mol. The van der Waals surface area contributed by atoms with Gasteiger partial charge in [0.15, 0.2) is 5.82 Å². The summed E-state index contributed by atoms with van der Waals surface area (Å²) < 4.78 is 2.61. The summed E-state index contributed by atoms with van der Waals surface area (Å²) in [5.41, 5.74) is 7.16. The van der Waals surface area contributed by atoms with E-state index in [2.05, 4.69) is 46.8 Å². The Morgan fingerprint density at radius 3 is 2.61 bits per heavy atom. The number of pyridine rings is 1. The molecule has 2 rings (SSSR count). The summed E-state index contributed by atoms with van der Waals surface area (Å²) in [4.78, 5) is 4.29. The Morgan fingerprint density at radius 1 is 1.33 bits per heavy atom. The van der Waals surface area contributed by atoms with Crippen LogP contribution in [0.25, 0.3) is 5.82 Å². The molecular weight excluding hydrogens is 292 g/mol. The highest BCUT2D eigenvalue weighted by molar-refractivity contribution is 9.10. The molecule has 0 saturated carbocycles. The van der Waals surface area contributed by atoms with Gasteiger partial charge in [0.25, 0.3) is 0 Å². The molecule has 0 unspecified atom stereocenters. The molecule has 4 nitrogen and oxygen atoms in total. The number of anilines is 1. The lowest BCUT2D eigenvalue weighted by Gasteiger charge is -2.15. The second-order valence-electron chi connectivity index (χ2n) is 5.54. The van der Waals surface area contributed by atoms with Crippen molar-refractivity contribution in [1.29, 1.82) is 0 Å². The van der Waals surface area contributed by atoms with Gasteiger partial charge in [-0.2, -0.15) is 9.78 Å². The second-order valence-corrected chi connectivity index (χ2v) is 6.46. The number of rotatable bonds is 2. The van der Waals surface area contributed by atoms with Crippen LogP contribution in [0, 0.1) is 5.41 Å². The molecule has 0 fully saturated rings. The lowest BCUT2D eigenvalue weighted by atomic mass is 9.91. The lowest BCUT2D eigenvalue weighted by Crippen LogP contribution is -2.10. The molecule has 2 heterocycles. The minimum atomic E-state index is 0.193. The molecule has 0 aliphatic heterocycles. The van der Waals surface area contributed by atoms with E-state index in [1.54, 1.807) is 10.9 Å². The Labute approximate surface area is 115 Å². The molecule has 0 atom stereocenters. The smallest absolute Gasteiger partial charge is 0.155 e. The van der Waals surface area contributed by atoms with Crippen LogP contribution >= 0.6 is 15.9 Å². The van der Waals surface area contributed by atoms with Crippen LogP contribution in [0.4, 0.5) is 5.82 Å². The number of hydrogen-bond donors (Lipinski definition) is 1. The molecule has 0 aliphatic carbocycles. The molecule has 0 aromatic carbocycles. The van der Waals surface area contributed by atoms with Crippen molar-refractivity contribution in [3.8, 4) is 5.82 Å². The summed E-state index contributed by atoms with van der Waals surface area (Å²) in [5.74, 6) is 1.35. The maximum Gasteiger partial charge on any atom is 0.155 e. The zero-order valence-electron chi connectivity index (χ0n) is 10.8. The van der Waals surface area contributed by atoms with E-state index < -0.39 is 0 Å². The SMILES string of the molecule is CC(C)(C)Cc1cc(N)n(-c2ccc(Br)cn2)n1. The van der Waals surface area contributed by atoms with Gasteiger partial charge in [-0.05, 0) is 39.9 Å². The third kappa shape index (κ3) is 3.10. The van der Waals surface area contributed by atoms with E-state index in [1.807, 2.05) is 18.2 Å². The number of nitrogens with two attached hydrogens (primary N) is 1. The van der Waals surface area contributed by atoms with E-state index in [4.69, 9.17) is 5.73 Å². The summed E-state index contributed by atoms with van der Waals surface area (Å²) in [5, 5.41) is 4.51. The molecule has 0 saturated heterocycles. The minimum Gasteiger partial charge on any atom is -0.384 e. The number of nitrogens with zero attached hydrogens (tertiary/aromatic N) is 3. The van der Waals surface area contributed by atoms with Gasteiger partial charge in [-0.15, -0.1) is 0 Å². The van der Waals surface area contributed by atoms with Crippen molar-refractivity contribution in [2.45, 2.75) is 27.2 Å². The van der Waals surface area contributed by atoms with Crippen molar-refractivity contribution in [3.05, 3.63) is 34.6 Å². The van der Waals surface area contributed by atoms with E-state index in [1.165, 1.54) is 0 Å². The van der Waals surface area contributed by atoms with E-state index in [-0.39, 0.29) is 5.41 Å². The van der Waals surface area contributed by atoms with Crippen LogP contribution < -0.4 is 5.73 Å². The molecule has 18 heavy (non-hydrogen) atoms. The highest BCUT2D eigenvalue weighted by Crippen LogP contribution is 2.22. The Hall–Kier alpha value is -1.36. The molecule has 96 valence electrons. The van der Waals surface area contributed by atoms with Crippen molar-refractivity contribution in [1.82, 2.24) is 14.8 Å². The van der Waals surface area contributed by atoms with Gasteiger partial charge < -0.3 is 5.73 Å². The van der Waals surface area contributed by atoms with Crippen LogP contribution in [0.2, 0.25) is 0 Å². The molecular formula is C13H17BrN4. The molecule has 2 aromatic heterocycles. The fourth-order valence-corrected chi connectivity index (χ4v) is 1.99. The van der Waals surface area contributed by atoms with E-state index in [0.29, 0.717) is 5.82 Å². The van der Waals surface area contributed by atoms with Gasteiger partial charge in [0.2, 0.25) is 0 Å². The molecule has 2 aromatic rings. The first kappa shape index (κ1) is 13.1. The third-order valence-electron chi connectivity index (χ3n) is 2.43. The Bertz CT molecular complexity index is 537. The summed E-state index contributed by atoms with van der Waals surface area (Å²) in [6.45, 7) is 6.54.